The number of pyridine rings is 1. The number of benzene rings is 2. The summed E-state index contributed by atoms with van der Waals surface area (Å²) in [5, 5.41) is 12.7. The Kier molecular flexibility index (Phi) is 2.75. The summed E-state index contributed by atoms with van der Waals surface area (Å²) in [5.41, 5.74) is 1.64. The molecule has 2 aromatic carbocycles. The van der Waals surface area contributed by atoms with Crippen LogP contribution in [0.4, 0.5) is 0 Å². The standard InChI is InChI=1S/C17H13NO3/c19-17(11-4-5-15-16(8-11)21-10-20-15)14-3-1-2-12-9-18-7-6-13(12)14/h1-9,17,19H,10H2. The van der Waals surface area contributed by atoms with Crippen molar-refractivity contribution in [1.82, 2.24) is 4.98 Å². The fourth-order valence-electron chi connectivity index (χ4n) is 2.65. The molecule has 0 saturated carbocycles. The molecule has 1 N–H and O–H groups in total. The van der Waals surface area contributed by atoms with Gasteiger partial charge in [0.1, 0.15) is 6.10 Å². The van der Waals surface area contributed by atoms with Crippen LogP contribution in [0.3, 0.4) is 0 Å². The minimum absolute atomic E-state index is 0.231. The highest BCUT2D eigenvalue weighted by Crippen LogP contribution is 2.36. The van der Waals surface area contributed by atoms with Crippen LogP contribution in [0.5, 0.6) is 11.5 Å². The van der Waals surface area contributed by atoms with Crippen molar-refractivity contribution in [2.75, 3.05) is 6.79 Å². The average Bonchev–Trinajstić information content (AvgIpc) is 3.01. The zero-order valence-electron chi connectivity index (χ0n) is 11.2. The molecule has 4 nitrogen and oxygen atoms in total. The summed E-state index contributed by atoms with van der Waals surface area (Å²) < 4.78 is 10.7. The molecule has 0 amide bonds. The van der Waals surface area contributed by atoms with E-state index in [4.69, 9.17) is 9.47 Å². The van der Waals surface area contributed by atoms with Crippen LogP contribution in [0.15, 0.2) is 54.9 Å². The number of ether oxygens (including phenoxy) is 2. The van der Waals surface area contributed by atoms with E-state index in [9.17, 15) is 5.11 Å². The fraction of sp³-hybridized carbons (Fsp3) is 0.118. The third-order valence-electron chi connectivity index (χ3n) is 3.72. The van der Waals surface area contributed by atoms with Crippen molar-refractivity contribution >= 4 is 10.8 Å². The predicted octanol–water partition coefficient (Wildman–Crippen LogP) is 3.05. The zero-order chi connectivity index (χ0) is 14.2. The molecule has 1 aliphatic heterocycles. The van der Waals surface area contributed by atoms with Gasteiger partial charge < -0.3 is 14.6 Å². The number of rotatable bonds is 2. The summed E-state index contributed by atoms with van der Waals surface area (Å²) >= 11 is 0. The van der Waals surface area contributed by atoms with Crippen molar-refractivity contribution in [3.05, 3.63) is 66.0 Å². The Morgan fingerprint density at radius 3 is 2.90 bits per heavy atom. The van der Waals surface area contributed by atoms with E-state index in [1.54, 1.807) is 12.4 Å². The van der Waals surface area contributed by atoms with Crippen molar-refractivity contribution in [1.29, 1.82) is 0 Å². The average molecular weight is 279 g/mol. The van der Waals surface area contributed by atoms with Gasteiger partial charge in [-0.1, -0.05) is 24.3 Å². The lowest BCUT2D eigenvalue weighted by Gasteiger charge is -2.14. The first-order valence-corrected chi connectivity index (χ1v) is 6.73. The van der Waals surface area contributed by atoms with Crippen LogP contribution in [-0.2, 0) is 0 Å². The largest absolute Gasteiger partial charge is 0.454 e. The molecule has 1 atom stereocenters. The van der Waals surface area contributed by atoms with E-state index in [0.717, 1.165) is 21.9 Å². The molecule has 1 unspecified atom stereocenters. The van der Waals surface area contributed by atoms with Crippen LogP contribution in [0.1, 0.15) is 17.2 Å². The van der Waals surface area contributed by atoms with Gasteiger partial charge in [-0.15, -0.1) is 0 Å². The molecular weight excluding hydrogens is 266 g/mol. The number of aliphatic hydroxyl groups is 1. The second kappa shape index (κ2) is 4.75. The summed E-state index contributed by atoms with van der Waals surface area (Å²) in [5.74, 6) is 1.39. The van der Waals surface area contributed by atoms with E-state index < -0.39 is 6.10 Å². The Morgan fingerprint density at radius 2 is 1.95 bits per heavy atom. The van der Waals surface area contributed by atoms with Gasteiger partial charge in [-0.05, 0) is 34.7 Å². The van der Waals surface area contributed by atoms with E-state index in [1.807, 2.05) is 42.5 Å². The quantitative estimate of drug-likeness (QED) is 0.783. The summed E-state index contributed by atoms with van der Waals surface area (Å²) in [4.78, 5) is 4.12. The first-order valence-electron chi connectivity index (χ1n) is 6.73. The summed E-state index contributed by atoms with van der Waals surface area (Å²) in [6.45, 7) is 0.231. The van der Waals surface area contributed by atoms with Crippen LogP contribution < -0.4 is 9.47 Å². The first kappa shape index (κ1) is 12.2. The van der Waals surface area contributed by atoms with Gasteiger partial charge in [0.15, 0.2) is 11.5 Å². The van der Waals surface area contributed by atoms with Crippen molar-refractivity contribution in [2.45, 2.75) is 6.10 Å². The molecular formula is C17H13NO3. The van der Waals surface area contributed by atoms with E-state index in [1.165, 1.54) is 0 Å². The van der Waals surface area contributed by atoms with Gasteiger partial charge in [-0.3, -0.25) is 4.98 Å². The van der Waals surface area contributed by atoms with Crippen LogP contribution >= 0.6 is 0 Å². The minimum atomic E-state index is -0.717. The van der Waals surface area contributed by atoms with Gasteiger partial charge in [0.05, 0.1) is 0 Å². The van der Waals surface area contributed by atoms with Crippen LogP contribution in [0.25, 0.3) is 10.8 Å². The Morgan fingerprint density at radius 1 is 1.05 bits per heavy atom. The lowest BCUT2D eigenvalue weighted by molar-refractivity contribution is 0.173. The molecule has 1 aromatic heterocycles. The normalized spacial score (nSPS) is 14.3. The minimum Gasteiger partial charge on any atom is -0.454 e. The molecule has 0 radical (unpaired) electrons. The molecule has 2 heterocycles. The number of hydrogen-bond acceptors (Lipinski definition) is 4. The van der Waals surface area contributed by atoms with Gasteiger partial charge in [-0.25, -0.2) is 0 Å². The highest BCUT2D eigenvalue weighted by atomic mass is 16.7. The third kappa shape index (κ3) is 2.00. The number of nitrogens with zero attached hydrogens (tertiary/aromatic N) is 1. The monoisotopic (exact) mass is 279 g/mol. The van der Waals surface area contributed by atoms with Crippen LogP contribution in [-0.4, -0.2) is 16.9 Å². The van der Waals surface area contributed by atoms with Gasteiger partial charge in [0.25, 0.3) is 0 Å². The van der Waals surface area contributed by atoms with Gasteiger partial charge >= 0.3 is 0 Å². The van der Waals surface area contributed by atoms with Crippen molar-refractivity contribution in [3.63, 3.8) is 0 Å². The van der Waals surface area contributed by atoms with Crippen LogP contribution in [0.2, 0.25) is 0 Å². The molecule has 0 fully saturated rings. The van der Waals surface area contributed by atoms with Gasteiger partial charge in [-0.2, -0.15) is 0 Å². The van der Waals surface area contributed by atoms with E-state index >= 15 is 0 Å². The third-order valence-corrected chi connectivity index (χ3v) is 3.72. The molecule has 21 heavy (non-hydrogen) atoms. The maximum absolute atomic E-state index is 10.7. The molecule has 4 rings (SSSR count). The molecule has 104 valence electrons. The maximum atomic E-state index is 10.7. The first-order chi connectivity index (χ1) is 10.3. The summed E-state index contributed by atoms with van der Waals surface area (Å²) in [6, 6.07) is 13.3. The predicted molar refractivity (Wildman–Crippen MR) is 78.4 cm³/mol. The number of aromatic nitrogens is 1. The molecule has 0 bridgehead atoms. The zero-order valence-corrected chi connectivity index (χ0v) is 11.2. The maximum Gasteiger partial charge on any atom is 0.231 e. The molecule has 3 aromatic rings. The fourth-order valence-corrected chi connectivity index (χ4v) is 2.65. The second-order valence-corrected chi connectivity index (χ2v) is 4.96. The molecule has 0 saturated heterocycles. The molecule has 0 aliphatic carbocycles. The lowest BCUT2D eigenvalue weighted by atomic mass is 9.96. The van der Waals surface area contributed by atoms with E-state index in [2.05, 4.69) is 4.98 Å². The van der Waals surface area contributed by atoms with Gasteiger partial charge in [0.2, 0.25) is 6.79 Å². The number of aliphatic hydroxyl groups excluding tert-OH is 1. The van der Waals surface area contributed by atoms with E-state index in [0.29, 0.717) is 11.5 Å². The summed E-state index contributed by atoms with van der Waals surface area (Å²) in [7, 11) is 0. The topological polar surface area (TPSA) is 51.6 Å². The SMILES string of the molecule is OC(c1ccc2c(c1)OCO2)c1cccc2cnccc12. The second-order valence-electron chi connectivity index (χ2n) is 4.96. The lowest BCUT2D eigenvalue weighted by Crippen LogP contribution is -2.00. The van der Waals surface area contributed by atoms with Crippen molar-refractivity contribution < 1.29 is 14.6 Å². The van der Waals surface area contributed by atoms with Crippen molar-refractivity contribution in [2.24, 2.45) is 0 Å². The molecule has 4 heteroatoms. The Bertz CT molecular complexity index is 811. The van der Waals surface area contributed by atoms with Crippen LogP contribution in [0, 0.1) is 0 Å². The highest BCUT2D eigenvalue weighted by molar-refractivity contribution is 5.85. The Balaban J connectivity index is 1.81. The Hall–Kier alpha value is -2.59. The van der Waals surface area contributed by atoms with Crippen molar-refractivity contribution in [3.8, 4) is 11.5 Å². The number of fused-ring (bicyclic) bond motifs is 2. The Labute approximate surface area is 121 Å². The smallest absolute Gasteiger partial charge is 0.231 e. The summed E-state index contributed by atoms with van der Waals surface area (Å²) in [6.07, 6.45) is 2.81. The van der Waals surface area contributed by atoms with E-state index in [-0.39, 0.29) is 6.79 Å². The van der Waals surface area contributed by atoms with Gasteiger partial charge in [0, 0.05) is 17.8 Å². The molecule has 1 aliphatic rings. The molecule has 0 spiro atoms. The number of hydrogen-bond donors (Lipinski definition) is 1. The highest BCUT2D eigenvalue weighted by Gasteiger charge is 2.18.